The van der Waals surface area contributed by atoms with Crippen LogP contribution in [0.1, 0.15) is 33.2 Å². The fourth-order valence-corrected chi connectivity index (χ4v) is 3.75. The van der Waals surface area contributed by atoms with Crippen LogP contribution in [-0.2, 0) is 4.74 Å². The number of esters is 1. The van der Waals surface area contributed by atoms with Gasteiger partial charge in [-0.25, -0.2) is 4.79 Å². The smallest absolute Gasteiger partial charge is 0.341 e. The van der Waals surface area contributed by atoms with Crippen molar-refractivity contribution < 1.29 is 19.1 Å². The number of rotatable bonds is 6. The summed E-state index contributed by atoms with van der Waals surface area (Å²) in [5.41, 5.74) is 3.44. The van der Waals surface area contributed by atoms with Gasteiger partial charge in [0, 0.05) is 16.5 Å². The molecule has 0 spiro atoms. The van der Waals surface area contributed by atoms with Crippen molar-refractivity contribution in [2.75, 3.05) is 19.0 Å². The lowest BCUT2D eigenvalue weighted by atomic mass is 10.0. The number of benzene rings is 2. The van der Waals surface area contributed by atoms with Gasteiger partial charge in [0.2, 0.25) is 0 Å². The van der Waals surface area contributed by atoms with Gasteiger partial charge < -0.3 is 14.8 Å². The fraction of sp³-hybridized carbons (Fsp3) is 0.182. The quantitative estimate of drug-likeness (QED) is 0.586. The number of anilines is 1. The van der Waals surface area contributed by atoms with Gasteiger partial charge in [-0.05, 0) is 43.7 Å². The molecule has 0 aliphatic rings. The molecular weight excluding hydrogens is 374 g/mol. The number of hydrogen-bond acceptors (Lipinski definition) is 5. The number of ether oxygens (including phenoxy) is 2. The van der Waals surface area contributed by atoms with Crippen LogP contribution in [0.15, 0.2) is 53.9 Å². The number of carbonyl (C=O) groups is 2. The number of nitrogens with one attached hydrogen (secondary N) is 1. The van der Waals surface area contributed by atoms with Gasteiger partial charge in [-0.2, -0.15) is 0 Å². The van der Waals surface area contributed by atoms with Crippen molar-refractivity contribution in [2.24, 2.45) is 0 Å². The molecule has 0 atom stereocenters. The lowest BCUT2D eigenvalue weighted by Crippen LogP contribution is -2.15. The van der Waals surface area contributed by atoms with E-state index in [4.69, 9.17) is 9.47 Å². The summed E-state index contributed by atoms with van der Waals surface area (Å²) in [6, 6.07) is 14.7. The Kier molecular flexibility index (Phi) is 6.11. The highest BCUT2D eigenvalue weighted by atomic mass is 32.1. The van der Waals surface area contributed by atoms with Gasteiger partial charge >= 0.3 is 5.97 Å². The van der Waals surface area contributed by atoms with E-state index < -0.39 is 5.97 Å². The molecule has 2 aromatic carbocycles. The minimum Gasteiger partial charge on any atom is -0.497 e. The van der Waals surface area contributed by atoms with Crippen LogP contribution in [0.25, 0.3) is 11.1 Å². The van der Waals surface area contributed by atoms with E-state index in [1.165, 1.54) is 11.3 Å². The van der Waals surface area contributed by atoms with Crippen LogP contribution in [0.3, 0.4) is 0 Å². The van der Waals surface area contributed by atoms with Crippen molar-refractivity contribution in [1.29, 1.82) is 0 Å². The van der Waals surface area contributed by atoms with Gasteiger partial charge in [-0.3, -0.25) is 4.79 Å². The van der Waals surface area contributed by atoms with Gasteiger partial charge in [0.05, 0.1) is 13.7 Å². The Morgan fingerprint density at radius 3 is 2.50 bits per heavy atom. The first kappa shape index (κ1) is 19.6. The summed E-state index contributed by atoms with van der Waals surface area (Å²) in [7, 11) is 1.60. The summed E-state index contributed by atoms with van der Waals surface area (Å²) in [6.07, 6.45) is 0. The molecule has 1 amide bonds. The van der Waals surface area contributed by atoms with Crippen LogP contribution in [0.2, 0.25) is 0 Å². The molecule has 0 fully saturated rings. The monoisotopic (exact) mass is 395 g/mol. The number of thiophene rings is 1. The first-order valence-corrected chi connectivity index (χ1v) is 9.72. The van der Waals surface area contributed by atoms with E-state index in [0.29, 0.717) is 21.7 Å². The average Bonchev–Trinajstić information content (AvgIpc) is 3.11. The van der Waals surface area contributed by atoms with Crippen molar-refractivity contribution in [3.63, 3.8) is 0 Å². The zero-order valence-corrected chi connectivity index (χ0v) is 16.8. The third-order valence-corrected chi connectivity index (χ3v) is 5.07. The third-order valence-electron chi connectivity index (χ3n) is 4.18. The van der Waals surface area contributed by atoms with Crippen LogP contribution in [0.4, 0.5) is 5.00 Å². The zero-order chi connectivity index (χ0) is 20.1. The summed E-state index contributed by atoms with van der Waals surface area (Å²) in [5, 5.41) is 5.18. The first-order valence-electron chi connectivity index (χ1n) is 8.84. The Hall–Kier alpha value is -3.12. The molecule has 3 rings (SSSR count). The molecule has 0 saturated carbocycles. The molecule has 0 unspecified atom stereocenters. The van der Waals surface area contributed by atoms with E-state index in [0.717, 1.165) is 16.9 Å². The van der Waals surface area contributed by atoms with Crippen molar-refractivity contribution in [3.05, 3.63) is 70.6 Å². The second kappa shape index (κ2) is 8.71. The lowest BCUT2D eigenvalue weighted by Gasteiger charge is -2.09. The summed E-state index contributed by atoms with van der Waals surface area (Å²) in [6.45, 7) is 3.93. The highest BCUT2D eigenvalue weighted by molar-refractivity contribution is 7.15. The molecule has 5 nitrogen and oxygen atoms in total. The molecule has 144 valence electrons. The molecule has 0 radical (unpaired) electrons. The molecule has 0 aliphatic heterocycles. The van der Waals surface area contributed by atoms with Crippen molar-refractivity contribution in [1.82, 2.24) is 0 Å². The van der Waals surface area contributed by atoms with Gasteiger partial charge in [0.25, 0.3) is 5.91 Å². The number of amides is 1. The van der Waals surface area contributed by atoms with Crippen LogP contribution in [0, 0.1) is 6.92 Å². The molecule has 0 saturated heterocycles. The zero-order valence-electron chi connectivity index (χ0n) is 15.9. The van der Waals surface area contributed by atoms with E-state index >= 15 is 0 Å². The SMILES string of the molecule is CCOC(=O)c1c(-c2ccc(OC)cc2)csc1NC(=O)c1cccc(C)c1. The van der Waals surface area contributed by atoms with Gasteiger partial charge in [0.15, 0.2) is 0 Å². The molecule has 0 aliphatic carbocycles. The maximum atomic E-state index is 12.7. The van der Waals surface area contributed by atoms with Crippen LogP contribution in [0.5, 0.6) is 5.75 Å². The molecule has 1 N–H and O–H groups in total. The van der Waals surface area contributed by atoms with E-state index in [1.807, 2.05) is 48.7 Å². The number of hydrogen-bond donors (Lipinski definition) is 1. The summed E-state index contributed by atoms with van der Waals surface area (Å²) in [5.74, 6) is -0.00359. The highest BCUT2D eigenvalue weighted by Gasteiger charge is 2.23. The van der Waals surface area contributed by atoms with Crippen molar-refractivity contribution in [3.8, 4) is 16.9 Å². The molecule has 6 heteroatoms. The molecular formula is C22H21NO4S. The van der Waals surface area contributed by atoms with Crippen molar-refractivity contribution in [2.45, 2.75) is 13.8 Å². The standard InChI is InChI=1S/C22H21NO4S/c1-4-27-22(25)19-18(15-8-10-17(26-3)11-9-15)13-28-21(19)23-20(24)16-7-5-6-14(2)12-16/h5-13H,4H2,1-3H3,(H,23,24). The van der Waals surface area contributed by atoms with Crippen molar-refractivity contribution >= 4 is 28.2 Å². The minimum atomic E-state index is -0.464. The maximum absolute atomic E-state index is 12.7. The summed E-state index contributed by atoms with van der Waals surface area (Å²) in [4.78, 5) is 25.3. The molecule has 3 aromatic rings. The van der Waals surface area contributed by atoms with Crippen LogP contribution < -0.4 is 10.1 Å². The number of methoxy groups -OCH3 is 1. The maximum Gasteiger partial charge on any atom is 0.341 e. The Balaban J connectivity index is 1.97. The van der Waals surface area contributed by atoms with Gasteiger partial charge in [-0.15, -0.1) is 11.3 Å². The summed E-state index contributed by atoms with van der Waals surface area (Å²) < 4.78 is 10.4. The Morgan fingerprint density at radius 1 is 1.11 bits per heavy atom. The topological polar surface area (TPSA) is 64.6 Å². The first-order chi connectivity index (χ1) is 13.5. The highest BCUT2D eigenvalue weighted by Crippen LogP contribution is 2.37. The van der Waals surface area contributed by atoms with Crippen LogP contribution >= 0.6 is 11.3 Å². The predicted molar refractivity (Wildman–Crippen MR) is 111 cm³/mol. The number of aryl methyl sites for hydroxylation is 1. The molecule has 1 aromatic heterocycles. The van der Waals surface area contributed by atoms with E-state index in [2.05, 4.69) is 5.32 Å². The third kappa shape index (κ3) is 4.23. The van der Waals surface area contributed by atoms with E-state index in [9.17, 15) is 9.59 Å². The second-order valence-electron chi connectivity index (χ2n) is 6.13. The van der Waals surface area contributed by atoms with E-state index in [1.54, 1.807) is 26.2 Å². The fourth-order valence-electron chi connectivity index (χ4n) is 2.80. The average molecular weight is 395 g/mol. The molecule has 1 heterocycles. The van der Waals surface area contributed by atoms with Gasteiger partial charge in [-0.1, -0.05) is 29.8 Å². The number of carbonyl (C=O) groups excluding carboxylic acids is 2. The Labute approximate surface area is 167 Å². The Morgan fingerprint density at radius 2 is 1.86 bits per heavy atom. The summed E-state index contributed by atoms with van der Waals surface area (Å²) >= 11 is 1.30. The van der Waals surface area contributed by atoms with Crippen LogP contribution in [-0.4, -0.2) is 25.6 Å². The predicted octanol–water partition coefficient (Wildman–Crippen LogP) is 5.16. The second-order valence-corrected chi connectivity index (χ2v) is 7.01. The largest absolute Gasteiger partial charge is 0.497 e. The minimum absolute atomic E-state index is 0.252. The Bertz CT molecular complexity index is 992. The van der Waals surface area contributed by atoms with E-state index in [-0.39, 0.29) is 12.5 Å². The van der Waals surface area contributed by atoms with Gasteiger partial charge in [0.1, 0.15) is 16.3 Å². The molecule has 0 bridgehead atoms. The lowest BCUT2D eigenvalue weighted by molar-refractivity contribution is 0.0529. The molecule has 28 heavy (non-hydrogen) atoms. The normalized spacial score (nSPS) is 10.4.